The van der Waals surface area contributed by atoms with Crippen molar-refractivity contribution in [1.82, 2.24) is 20.0 Å². The van der Waals surface area contributed by atoms with E-state index < -0.39 is 6.23 Å². The Morgan fingerprint density at radius 3 is 2.76 bits per heavy atom. The van der Waals surface area contributed by atoms with E-state index in [-0.39, 0.29) is 16.8 Å². The highest BCUT2D eigenvalue weighted by Gasteiger charge is 2.34. The Morgan fingerprint density at radius 2 is 2.03 bits per heavy atom. The van der Waals surface area contributed by atoms with Gasteiger partial charge in [-0.15, -0.1) is 0 Å². The Labute approximate surface area is 174 Å². The van der Waals surface area contributed by atoms with Gasteiger partial charge in [0.15, 0.2) is 6.23 Å². The Bertz CT molecular complexity index is 880. The summed E-state index contributed by atoms with van der Waals surface area (Å²) in [5.41, 5.74) is 3.90. The molecule has 2 fully saturated rings. The number of rotatable bonds is 4. The third-order valence-electron chi connectivity index (χ3n) is 6.67. The second kappa shape index (κ2) is 7.96. The van der Waals surface area contributed by atoms with Crippen molar-refractivity contribution in [2.75, 3.05) is 32.8 Å². The molecule has 2 aromatic rings. The summed E-state index contributed by atoms with van der Waals surface area (Å²) >= 11 is 6.17. The van der Waals surface area contributed by atoms with Gasteiger partial charge in [-0.1, -0.05) is 23.7 Å². The molecule has 1 atom stereocenters. The Hall–Kier alpha value is -1.51. The fraction of sp³-hybridized carbons (Fsp3) is 0.571. The molecule has 0 spiro atoms. The summed E-state index contributed by atoms with van der Waals surface area (Å²) in [4.78, 5) is 4.49. The largest absolute Gasteiger partial charge is 0.378 e. The molecule has 8 heteroatoms. The molecule has 1 unspecified atom stereocenters. The van der Waals surface area contributed by atoms with E-state index in [4.69, 9.17) is 16.3 Å². The molecule has 0 amide bonds. The molecule has 0 aliphatic carbocycles. The second-order valence-electron chi connectivity index (χ2n) is 8.30. The molecule has 0 radical (unpaired) electrons. The highest BCUT2D eigenvalue weighted by molar-refractivity contribution is 6.31. The summed E-state index contributed by atoms with van der Waals surface area (Å²) in [7, 11) is 0. The lowest BCUT2D eigenvalue weighted by Gasteiger charge is -2.39. The van der Waals surface area contributed by atoms with E-state index in [1.165, 1.54) is 6.07 Å². The van der Waals surface area contributed by atoms with E-state index >= 15 is 0 Å². The van der Waals surface area contributed by atoms with Gasteiger partial charge in [0.05, 0.1) is 30.0 Å². The van der Waals surface area contributed by atoms with Crippen molar-refractivity contribution in [3.63, 3.8) is 0 Å². The zero-order valence-electron chi connectivity index (χ0n) is 16.3. The first-order valence-corrected chi connectivity index (χ1v) is 10.7. The van der Waals surface area contributed by atoms with Crippen LogP contribution in [0.25, 0.3) is 0 Å². The summed E-state index contributed by atoms with van der Waals surface area (Å²) in [5.74, 6) is -0.148. The molecule has 0 saturated carbocycles. The first-order chi connectivity index (χ1) is 14.1. The lowest BCUT2D eigenvalue weighted by Crippen LogP contribution is -2.50. The minimum absolute atomic E-state index is 0.216. The van der Waals surface area contributed by atoms with Gasteiger partial charge in [-0.2, -0.15) is 5.10 Å². The molecular formula is C21H26ClFN4O2. The SMILES string of the molecule is OC(c1n[nH]c2c1CCN(C1COC1)C2)N1CCC(c2cccc(F)c2Cl)CC1. The van der Waals surface area contributed by atoms with Crippen LogP contribution in [-0.2, 0) is 17.7 Å². The van der Waals surface area contributed by atoms with Crippen LogP contribution in [0.4, 0.5) is 4.39 Å². The van der Waals surface area contributed by atoms with Crippen LogP contribution < -0.4 is 0 Å². The van der Waals surface area contributed by atoms with Crippen LogP contribution >= 0.6 is 11.6 Å². The molecule has 156 valence electrons. The van der Waals surface area contributed by atoms with Gasteiger partial charge in [0.25, 0.3) is 0 Å². The number of hydrogen-bond acceptors (Lipinski definition) is 5. The highest BCUT2D eigenvalue weighted by Crippen LogP contribution is 2.36. The van der Waals surface area contributed by atoms with Crippen LogP contribution in [0, 0.1) is 5.82 Å². The fourth-order valence-corrected chi connectivity index (χ4v) is 5.07. The average Bonchev–Trinajstić information content (AvgIpc) is 3.12. The monoisotopic (exact) mass is 420 g/mol. The van der Waals surface area contributed by atoms with Crippen molar-refractivity contribution in [3.8, 4) is 0 Å². The number of halogens is 2. The number of likely N-dealkylation sites (tertiary alicyclic amines) is 1. The van der Waals surface area contributed by atoms with Gasteiger partial charge >= 0.3 is 0 Å². The van der Waals surface area contributed by atoms with E-state index in [0.717, 1.165) is 81.2 Å². The minimum Gasteiger partial charge on any atom is -0.378 e. The van der Waals surface area contributed by atoms with E-state index in [2.05, 4.69) is 20.0 Å². The van der Waals surface area contributed by atoms with E-state index in [0.29, 0.717) is 6.04 Å². The number of aliphatic hydroxyl groups is 1. The molecule has 29 heavy (non-hydrogen) atoms. The van der Waals surface area contributed by atoms with Crippen molar-refractivity contribution >= 4 is 11.6 Å². The molecule has 2 saturated heterocycles. The lowest BCUT2D eigenvalue weighted by molar-refractivity contribution is -0.0700. The molecular weight excluding hydrogens is 395 g/mol. The number of aromatic nitrogens is 2. The molecule has 6 nitrogen and oxygen atoms in total. The number of hydrogen-bond donors (Lipinski definition) is 2. The van der Waals surface area contributed by atoms with Gasteiger partial charge in [-0.3, -0.25) is 14.9 Å². The van der Waals surface area contributed by atoms with Gasteiger partial charge in [0, 0.05) is 31.7 Å². The fourth-order valence-electron chi connectivity index (χ4n) is 4.79. The third kappa shape index (κ3) is 3.59. The van der Waals surface area contributed by atoms with Crippen LogP contribution in [0.1, 0.15) is 47.5 Å². The van der Waals surface area contributed by atoms with Crippen LogP contribution in [0.5, 0.6) is 0 Å². The Kier molecular flexibility index (Phi) is 5.34. The van der Waals surface area contributed by atoms with E-state index in [1.54, 1.807) is 6.07 Å². The van der Waals surface area contributed by atoms with Gasteiger partial charge in [0.2, 0.25) is 0 Å². The minimum atomic E-state index is -0.711. The van der Waals surface area contributed by atoms with E-state index in [1.807, 2.05) is 6.07 Å². The normalized spacial score (nSPS) is 23.0. The standard InChI is InChI=1S/C21H26ClFN4O2/c22-19-15(2-1-3-17(19)23)13-4-7-26(8-5-13)21(28)20-16-6-9-27(14-11-29-12-14)10-18(16)24-25-20/h1-3,13-14,21,28H,4-12H2,(H,24,25). The predicted octanol–water partition coefficient (Wildman–Crippen LogP) is 2.83. The molecule has 1 aromatic carbocycles. The first kappa shape index (κ1) is 19.5. The number of nitrogens with one attached hydrogen (secondary N) is 1. The molecule has 5 rings (SSSR count). The summed E-state index contributed by atoms with van der Waals surface area (Å²) in [6, 6.07) is 5.52. The maximum Gasteiger partial charge on any atom is 0.152 e. The molecule has 1 aromatic heterocycles. The van der Waals surface area contributed by atoms with Gasteiger partial charge in [0.1, 0.15) is 11.5 Å². The number of fused-ring (bicyclic) bond motifs is 1. The summed E-state index contributed by atoms with van der Waals surface area (Å²) < 4.78 is 19.1. The number of benzene rings is 1. The quantitative estimate of drug-likeness (QED) is 0.796. The van der Waals surface area contributed by atoms with Crippen molar-refractivity contribution in [1.29, 1.82) is 0 Å². The van der Waals surface area contributed by atoms with Crippen molar-refractivity contribution in [2.24, 2.45) is 0 Å². The average molecular weight is 421 g/mol. The third-order valence-corrected chi connectivity index (χ3v) is 7.07. The van der Waals surface area contributed by atoms with E-state index in [9.17, 15) is 9.50 Å². The Balaban J connectivity index is 1.24. The number of aromatic amines is 1. The molecule has 3 aliphatic heterocycles. The summed E-state index contributed by atoms with van der Waals surface area (Å²) in [6.07, 6.45) is 1.85. The highest BCUT2D eigenvalue weighted by atomic mass is 35.5. The zero-order valence-corrected chi connectivity index (χ0v) is 17.0. The number of aliphatic hydroxyl groups excluding tert-OH is 1. The Morgan fingerprint density at radius 1 is 1.24 bits per heavy atom. The van der Waals surface area contributed by atoms with Gasteiger partial charge in [-0.05, 0) is 36.8 Å². The number of piperidine rings is 1. The van der Waals surface area contributed by atoms with Crippen LogP contribution in [0.3, 0.4) is 0 Å². The lowest BCUT2D eigenvalue weighted by atomic mass is 9.89. The summed E-state index contributed by atoms with van der Waals surface area (Å²) in [6.45, 7) is 4.88. The molecule has 2 N–H and O–H groups in total. The van der Waals surface area contributed by atoms with Crippen molar-refractivity contribution in [3.05, 3.63) is 51.6 Å². The molecule has 3 aliphatic rings. The number of ether oxygens (including phenoxy) is 1. The van der Waals surface area contributed by atoms with Gasteiger partial charge in [-0.25, -0.2) is 4.39 Å². The van der Waals surface area contributed by atoms with Crippen LogP contribution in [0.2, 0.25) is 5.02 Å². The summed E-state index contributed by atoms with van der Waals surface area (Å²) in [5, 5.41) is 18.9. The molecule has 0 bridgehead atoms. The van der Waals surface area contributed by atoms with Crippen LogP contribution in [0.15, 0.2) is 18.2 Å². The maximum absolute atomic E-state index is 13.8. The maximum atomic E-state index is 13.8. The topological polar surface area (TPSA) is 64.6 Å². The predicted molar refractivity (Wildman–Crippen MR) is 107 cm³/mol. The number of H-pyrrole nitrogens is 1. The second-order valence-corrected chi connectivity index (χ2v) is 8.68. The van der Waals surface area contributed by atoms with Crippen LogP contribution in [-0.4, -0.2) is 64.0 Å². The van der Waals surface area contributed by atoms with Crippen molar-refractivity contribution in [2.45, 2.75) is 44.0 Å². The zero-order chi connectivity index (χ0) is 20.0. The van der Waals surface area contributed by atoms with Gasteiger partial charge < -0.3 is 9.84 Å². The number of nitrogens with zero attached hydrogens (tertiary/aromatic N) is 3. The molecule has 4 heterocycles. The smallest absolute Gasteiger partial charge is 0.152 e. The first-order valence-electron chi connectivity index (χ1n) is 10.4. The van der Waals surface area contributed by atoms with Crippen molar-refractivity contribution < 1.29 is 14.2 Å².